The number of rotatable bonds is 5. The number of amides is 1. The second-order valence-electron chi connectivity index (χ2n) is 6.53. The first kappa shape index (κ1) is 19.7. The maximum Gasteiger partial charge on any atom is 0.433 e. The molecule has 1 heterocycles. The predicted molar refractivity (Wildman–Crippen MR) is 98.2 cm³/mol. The third kappa shape index (κ3) is 5.22. The molecule has 4 nitrogen and oxygen atoms in total. The van der Waals surface area contributed by atoms with Crippen LogP contribution in [0.5, 0.6) is 0 Å². The van der Waals surface area contributed by atoms with E-state index in [1.54, 1.807) is 37.3 Å². The van der Waals surface area contributed by atoms with E-state index in [-0.39, 0.29) is 22.8 Å². The van der Waals surface area contributed by atoms with Crippen LogP contribution in [0.15, 0.2) is 41.6 Å². The van der Waals surface area contributed by atoms with Gasteiger partial charge >= 0.3 is 6.18 Å². The molecule has 1 aliphatic carbocycles. The number of nitrogens with one attached hydrogen (secondary N) is 1. The van der Waals surface area contributed by atoms with Crippen molar-refractivity contribution in [2.45, 2.75) is 55.2 Å². The molecule has 0 radical (unpaired) electrons. The van der Waals surface area contributed by atoms with E-state index in [1.807, 2.05) is 0 Å². The van der Waals surface area contributed by atoms with Gasteiger partial charge in [-0.3, -0.25) is 4.79 Å². The van der Waals surface area contributed by atoms with Crippen LogP contribution in [0.1, 0.15) is 38.3 Å². The van der Waals surface area contributed by atoms with Crippen LogP contribution in [0.3, 0.4) is 0 Å². The van der Waals surface area contributed by atoms with Crippen molar-refractivity contribution in [1.29, 1.82) is 0 Å². The number of benzene rings is 1. The van der Waals surface area contributed by atoms with Crippen molar-refractivity contribution in [3.63, 3.8) is 0 Å². The molecular weight excluding hydrogens is 375 g/mol. The monoisotopic (exact) mass is 395 g/mol. The van der Waals surface area contributed by atoms with Crippen LogP contribution in [-0.2, 0) is 11.0 Å². The molecule has 1 atom stereocenters. The maximum atomic E-state index is 13.3. The molecule has 2 aromatic rings. The first-order chi connectivity index (χ1) is 12.8. The van der Waals surface area contributed by atoms with E-state index in [0.717, 1.165) is 43.5 Å². The molecule has 0 aliphatic heterocycles. The fourth-order valence-electron chi connectivity index (χ4n) is 2.98. The molecular formula is C19H20F3N3OS. The van der Waals surface area contributed by atoms with Crippen molar-refractivity contribution < 1.29 is 18.0 Å². The van der Waals surface area contributed by atoms with Crippen LogP contribution >= 0.6 is 11.8 Å². The predicted octanol–water partition coefficient (Wildman–Crippen LogP) is 4.70. The van der Waals surface area contributed by atoms with Crippen LogP contribution in [0, 0.1) is 0 Å². The summed E-state index contributed by atoms with van der Waals surface area (Å²) in [5, 5.41) is 2.31. The molecule has 8 heteroatoms. The van der Waals surface area contributed by atoms with E-state index in [1.165, 1.54) is 0 Å². The van der Waals surface area contributed by atoms with E-state index in [0.29, 0.717) is 5.56 Å². The average molecular weight is 395 g/mol. The Morgan fingerprint density at radius 2 is 1.85 bits per heavy atom. The third-order valence-corrected chi connectivity index (χ3v) is 5.38. The first-order valence-electron chi connectivity index (χ1n) is 8.81. The number of aromatic nitrogens is 2. The number of alkyl halides is 3. The molecule has 0 saturated heterocycles. The normalized spacial score (nSPS) is 16.3. The Labute approximate surface area is 160 Å². The highest BCUT2D eigenvalue weighted by molar-refractivity contribution is 8.00. The van der Waals surface area contributed by atoms with Gasteiger partial charge in [0.15, 0.2) is 5.16 Å². The number of halogens is 3. The van der Waals surface area contributed by atoms with E-state index >= 15 is 0 Å². The van der Waals surface area contributed by atoms with Gasteiger partial charge in [0.1, 0.15) is 5.69 Å². The quantitative estimate of drug-likeness (QED) is 0.589. The molecule has 1 fully saturated rings. The molecule has 144 valence electrons. The Kier molecular flexibility index (Phi) is 6.04. The van der Waals surface area contributed by atoms with Crippen LogP contribution in [0.25, 0.3) is 11.3 Å². The van der Waals surface area contributed by atoms with E-state index in [4.69, 9.17) is 0 Å². The van der Waals surface area contributed by atoms with Crippen molar-refractivity contribution >= 4 is 17.7 Å². The van der Waals surface area contributed by atoms with Crippen molar-refractivity contribution in [1.82, 2.24) is 15.3 Å². The van der Waals surface area contributed by atoms with Gasteiger partial charge < -0.3 is 5.32 Å². The number of carbonyl (C=O) groups excluding carboxylic acids is 1. The van der Waals surface area contributed by atoms with Crippen molar-refractivity contribution in [2.24, 2.45) is 0 Å². The minimum absolute atomic E-state index is 0.0576. The Hall–Kier alpha value is -2.09. The molecule has 3 rings (SSSR count). The van der Waals surface area contributed by atoms with Crippen molar-refractivity contribution in [3.8, 4) is 11.3 Å². The van der Waals surface area contributed by atoms with E-state index < -0.39 is 17.1 Å². The standard InChI is InChI=1S/C19H20F3N3OS/c1-12(17(26)23-14-9-5-6-10-14)27-18-24-15(13-7-3-2-4-8-13)11-16(25-18)19(20,21)22/h2-4,7-8,11-12,14H,5-6,9-10H2,1H3,(H,23,26). The molecule has 1 amide bonds. The molecule has 1 saturated carbocycles. The molecule has 0 bridgehead atoms. The van der Waals surface area contributed by atoms with Gasteiger partial charge in [-0.1, -0.05) is 54.9 Å². The lowest BCUT2D eigenvalue weighted by atomic mass is 10.1. The lowest BCUT2D eigenvalue weighted by Crippen LogP contribution is -2.37. The molecule has 1 aromatic heterocycles. The number of hydrogen-bond acceptors (Lipinski definition) is 4. The minimum atomic E-state index is -4.59. The average Bonchev–Trinajstić information content (AvgIpc) is 3.14. The smallest absolute Gasteiger partial charge is 0.352 e. The lowest BCUT2D eigenvalue weighted by molar-refractivity contribution is -0.141. The summed E-state index contributed by atoms with van der Waals surface area (Å²) < 4.78 is 39.8. The number of hydrogen-bond donors (Lipinski definition) is 1. The summed E-state index contributed by atoms with van der Waals surface area (Å²) in [6.07, 6.45) is -0.521. The van der Waals surface area contributed by atoms with Crippen LogP contribution in [-0.4, -0.2) is 27.2 Å². The number of thioether (sulfide) groups is 1. The van der Waals surface area contributed by atoms with Gasteiger partial charge in [-0.2, -0.15) is 13.2 Å². The first-order valence-corrected chi connectivity index (χ1v) is 9.69. The van der Waals surface area contributed by atoms with Crippen LogP contribution < -0.4 is 5.32 Å². The Balaban J connectivity index is 1.82. The summed E-state index contributed by atoms with van der Waals surface area (Å²) in [7, 11) is 0. The number of carbonyl (C=O) groups is 1. The third-order valence-electron chi connectivity index (χ3n) is 4.42. The second-order valence-corrected chi connectivity index (χ2v) is 7.84. The Bertz CT molecular complexity index is 793. The van der Waals surface area contributed by atoms with E-state index in [9.17, 15) is 18.0 Å². The zero-order valence-corrected chi connectivity index (χ0v) is 15.6. The fraction of sp³-hybridized carbons (Fsp3) is 0.421. The zero-order chi connectivity index (χ0) is 19.4. The van der Waals surface area contributed by atoms with Gasteiger partial charge in [0.05, 0.1) is 10.9 Å². The summed E-state index contributed by atoms with van der Waals surface area (Å²) in [6, 6.07) is 9.70. The highest BCUT2D eigenvalue weighted by Gasteiger charge is 2.34. The summed E-state index contributed by atoms with van der Waals surface area (Å²) in [5.41, 5.74) is -0.263. The van der Waals surface area contributed by atoms with Gasteiger partial charge in [-0.15, -0.1) is 0 Å². The summed E-state index contributed by atoms with van der Waals surface area (Å²) in [4.78, 5) is 20.2. The number of nitrogens with zero attached hydrogens (tertiary/aromatic N) is 2. The summed E-state index contributed by atoms with van der Waals surface area (Å²) >= 11 is 0.940. The topological polar surface area (TPSA) is 54.9 Å². The molecule has 1 N–H and O–H groups in total. The summed E-state index contributed by atoms with van der Waals surface area (Å²) in [5.74, 6) is -0.200. The maximum absolute atomic E-state index is 13.3. The lowest BCUT2D eigenvalue weighted by Gasteiger charge is -2.16. The van der Waals surface area contributed by atoms with Gasteiger partial charge in [0.2, 0.25) is 5.91 Å². The van der Waals surface area contributed by atoms with Crippen LogP contribution in [0.2, 0.25) is 0 Å². The van der Waals surface area contributed by atoms with Gasteiger partial charge in [-0.05, 0) is 25.8 Å². The summed E-state index contributed by atoms with van der Waals surface area (Å²) in [6.45, 7) is 1.65. The Morgan fingerprint density at radius 1 is 1.19 bits per heavy atom. The SMILES string of the molecule is CC(Sc1nc(-c2ccccc2)cc(C(F)(F)F)n1)C(=O)NC1CCCC1. The molecule has 27 heavy (non-hydrogen) atoms. The minimum Gasteiger partial charge on any atom is -0.352 e. The van der Waals surface area contributed by atoms with Gasteiger partial charge in [0, 0.05) is 11.6 Å². The fourth-order valence-corrected chi connectivity index (χ4v) is 3.77. The van der Waals surface area contributed by atoms with E-state index in [2.05, 4.69) is 15.3 Å². The highest BCUT2D eigenvalue weighted by Crippen LogP contribution is 2.33. The second kappa shape index (κ2) is 8.29. The molecule has 1 aromatic carbocycles. The van der Waals surface area contributed by atoms with Crippen molar-refractivity contribution in [2.75, 3.05) is 0 Å². The van der Waals surface area contributed by atoms with Gasteiger partial charge in [0.25, 0.3) is 0 Å². The van der Waals surface area contributed by atoms with Crippen LogP contribution in [0.4, 0.5) is 13.2 Å². The zero-order valence-electron chi connectivity index (χ0n) is 14.8. The molecule has 1 aliphatic rings. The Morgan fingerprint density at radius 3 is 2.48 bits per heavy atom. The van der Waals surface area contributed by atoms with Crippen molar-refractivity contribution in [3.05, 3.63) is 42.1 Å². The van der Waals surface area contributed by atoms with Gasteiger partial charge in [-0.25, -0.2) is 9.97 Å². The largest absolute Gasteiger partial charge is 0.433 e. The molecule has 1 unspecified atom stereocenters. The highest BCUT2D eigenvalue weighted by atomic mass is 32.2. The molecule has 0 spiro atoms.